The molecule has 100 valence electrons. The van der Waals surface area contributed by atoms with Crippen LogP contribution >= 0.6 is 0 Å². The lowest BCUT2D eigenvalue weighted by Crippen LogP contribution is -2.46. The Bertz CT molecular complexity index is 343. The monoisotopic (exact) mass is 249 g/mol. The Morgan fingerprint density at radius 3 is 2.72 bits per heavy atom. The van der Waals surface area contributed by atoms with E-state index in [0.29, 0.717) is 18.1 Å². The normalized spacial score (nSPS) is 40.3. The van der Waals surface area contributed by atoms with Gasteiger partial charge in [-0.15, -0.1) is 0 Å². The van der Waals surface area contributed by atoms with Gasteiger partial charge in [0.1, 0.15) is 5.54 Å². The number of ether oxygens (including phenoxy) is 1. The summed E-state index contributed by atoms with van der Waals surface area (Å²) in [5.74, 6) is 0. The second kappa shape index (κ2) is 4.80. The van der Waals surface area contributed by atoms with Gasteiger partial charge in [0, 0.05) is 24.7 Å². The number of hydrogen-bond acceptors (Lipinski definition) is 4. The van der Waals surface area contributed by atoms with Crippen LogP contribution < -0.4 is 5.32 Å². The minimum Gasteiger partial charge on any atom is -0.380 e. The number of nitrogens with one attached hydrogen (secondary N) is 1. The van der Waals surface area contributed by atoms with Crippen molar-refractivity contribution < 1.29 is 4.74 Å². The van der Waals surface area contributed by atoms with Crippen LogP contribution in [0.3, 0.4) is 0 Å². The molecule has 4 heteroatoms. The van der Waals surface area contributed by atoms with Crippen LogP contribution in [-0.4, -0.2) is 48.8 Å². The molecular weight excluding hydrogens is 226 g/mol. The molecule has 0 aromatic heterocycles. The van der Waals surface area contributed by atoms with Crippen LogP contribution in [0.1, 0.15) is 38.5 Å². The van der Waals surface area contributed by atoms with Gasteiger partial charge in [-0.2, -0.15) is 5.26 Å². The van der Waals surface area contributed by atoms with E-state index in [2.05, 4.69) is 23.3 Å². The zero-order valence-corrected chi connectivity index (χ0v) is 11.2. The standard InChI is InChI=1S/C14H23N3O/c1-17(13-5-7-18-9-13)12-4-6-14(8-12,10-15)16-11-2-3-11/h11-13,16H,2-9H2,1H3. The van der Waals surface area contributed by atoms with Gasteiger partial charge >= 0.3 is 0 Å². The lowest BCUT2D eigenvalue weighted by atomic mass is 9.99. The fourth-order valence-corrected chi connectivity index (χ4v) is 3.39. The molecule has 2 aliphatic carbocycles. The maximum atomic E-state index is 9.50. The van der Waals surface area contributed by atoms with Crippen LogP contribution in [0, 0.1) is 11.3 Å². The Morgan fingerprint density at radius 2 is 2.11 bits per heavy atom. The van der Waals surface area contributed by atoms with Gasteiger partial charge in [-0.3, -0.25) is 10.2 Å². The van der Waals surface area contributed by atoms with E-state index in [4.69, 9.17) is 4.74 Å². The van der Waals surface area contributed by atoms with Gasteiger partial charge in [0.2, 0.25) is 0 Å². The first kappa shape index (κ1) is 12.4. The van der Waals surface area contributed by atoms with Gasteiger partial charge in [-0.1, -0.05) is 0 Å². The maximum absolute atomic E-state index is 9.50. The molecule has 0 spiro atoms. The van der Waals surface area contributed by atoms with Crippen molar-refractivity contribution in [1.29, 1.82) is 5.26 Å². The Morgan fingerprint density at radius 1 is 1.28 bits per heavy atom. The van der Waals surface area contributed by atoms with E-state index in [0.717, 1.165) is 38.9 Å². The van der Waals surface area contributed by atoms with Crippen molar-refractivity contribution in [1.82, 2.24) is 10.2 Å². The van der Waals surface area contributed by atoms with Gasteiger partial charge in [0.15, 0.2) is 0 Å². The van der Waals surface area contributed by atoms with Gasteiger partial charge in [-0.25, -0.2) is 0 Å². The summed E-state index contributed by atoms with van der Waals surface area (Å²) >= 11 is 0. The molecule has 1 saturated heterocycles. The lowest BCUT2D eigenvalue weighted by molar-refractivity contribution is 0.131. The molecule has 1 aliphatic heterocycles. The van der Waals surface area contributed by atoms with Gasteiger partial charge in [0.05, 0.1) is 12.7 Å². The molecule has 0 aromatic rings. The van der Waals surface area contributed by atoms with Crippen molar-refractivity contribution in [3.63, 3.8) is 0 Å². The van der Waals surface area contributed by atoms with E-state index >= 15 is 0 Å². The van der Waals surface area contributed by atoms with E-state index in [-0.39, 0.29) is 5.54 Å². The third kappa shape index (κ3) is 2.40. The second-order valence-corrected chi connectivity index (χ2v) is 6.19. The van der Waals surface area contributed by atoms with Gasteiger partial charge in [0.25, 0.3) is 0 Å². The molecule has 0 amide bonds. The predicted molar refractivity (Wildman–Crippen MR) is 69.1 cm³/mol. The second-order valence-electron chi connectivity index (χ2n) is 6.19. The highest BCUT2D eigenvalue weighted by Crippen LogP contribution is 2.36. The summed E-state index contributed by atoms with van der Waals surface area (Å²) in [6, 6.07) is 4.27. The fraction of sp³-hybridized carbons (Fsp3) is 0.929. The Labute approximate surface area is 109 Å². The van der Waals surface area contributed by atoms with Crippen molar-refractivity contribution in [2.24, 2.45) is 0 Å². The smallest absolute Gasteiger partial charge is 0.108 e. The third-order valence-corrected chi connectivity index (χ3v) is 4.82. The van der Waals surface area contributed by atoms with E-state index in [1.165, 1.54) is 12.8 Å². The highest BCUT2D eigenvalue weighted by Gasteiger charge is 2.44. The zero-order chi connectivity index (χ0) is 12.6. The molecule has 4 nitrogen and oxygen atoms in total. The van der Waals surface area contributed by atoms with Gasteiger partial charge in [-0.05, 0) is 45.6 Å². The molecule has 18 heavy (non-hydrogen) atoms. The van der Waals surface area contributed by atoms with Crippen LogP contribution in [0.25, 0.3) is 0 Å². The minimum atomic E-state index is -0.250. The Kier molecular flexibility index (Phi) is 3.31. The molecule has 3 rings (SSSR count). The van der Waals surface area contributed by atoms with Crippen molar-refractivity contribution in [2.75, 3.05) is 20.3 Å². The average molecular weight is 249 g/mol. The maximum Gasteiger partial charge on any atom is 0.108 e. The average Bonchev–Trinajstić information content (AvgIpc) is 2.90. The number of nitrogens with zero attached hydrogens (tertiary/aromatic N) is 2. The topological polar surface area (TPSA) is 48.3 Å². The molecule has 0 bridgehead atoms. The highest BCUT2D eigenvalue weighted by molar-refractivity contribution is 5.15. The van der Waals surface area contributed by atoms with Crippen LogP contribution in [0.5, 0.6) is 0 Å². The van der Waals surface area contributed by atoms with E-state index in [9.17, 15) is 5.26 Å². The minimum absolute atomic E-state index is 0.250. The molecule has 2 saturated carbocycles. The molecule has 1 N–H and O–H groups in total. The van der Waals surface area contributed by atoms with E-state index < -0.39 is 0 Å². The van der Waals surface area contributed by atoms with Crippen molar-refractivity contribution >= 4 is 0 Å². The van der Waals surface area contributed by atoms with Crippen LogP contribution in [0.15, 0.2) is 0 Å². The highest BCUT2D eigenvalue weighted by atomic mass is 16.5. The van der Waals surface area contributed by atoms with Gasteiger partial charge < -0.3 is 4.74 Å². The van der Waals surface area contributed by atoms with E-state index in [1.807, 2.05) is 0 Å². The SMILES string of the molecule is CN(C1CCOC1)C1CCC(C#N)(NC2CC2)C1. The first-order chi connectivity index (χ1) is 8.72. The first-order valence-electron chi connectivity index (χ1n) is 7.21. The van der Waals surface area contributed by atoms with Crippen molar-refractivity contribution in [2.45, 2.75) is 62.2 Å². The number of nitriles is 1. The summed E-state index contributed by atoms with van der Waals surface area (Å²) in [5, 5.41) is 13.1. The number of likely N-dealkylation sites (N-methyl/N-ethyl adjacent to an activating group) is 1. The molecule has 1 heterocycles. The third-order valence-electron chi connectivity index (χ3n) is 4.82. The summed E-state index contributed by atoms with van der Waals surface area (Å²) in [7, 11) is 2.20. The number of hydrogen-bond donors (Lipinski definition) is 1. The zero-order valence-electron chi connectivity index (χ0n) is 11.2. The van der Waals surface area contributed by atoms with Crippen LogP contribution in [0.4, 0.5) is 0 Å². The Balaban J connectivity index is 1.60. The fourth-order valence-electron chi connectivity index (χ4n) is 3.39. The van der Waals surface area contributed by atoms with Crippen molar-refractivity contribution in [3.8, 4) is 6.07 Å². The van der Waals surface area contributed by atoms with Crippen LogP contribution in [0.2, 0.25) is 0 Å². The van der Waals surface area contributed by atoms with Crippen molar-refractivity contribution in [3.05, 3.63) is 0 Å². The first-order valence-corrected chi connectivity index (χ1v) is 7.21. The summed E-state index contributed by atoms with van der Waals surface area (Å²) in [6.07, 6.45) is 6.76. The van der Waals surface area contributed by atoms with E-state index in [1.54, 1.807) is 0 Å². The molecule has 3 fully saturated rings. The molecule has 3 unspecified atom stereocenters. The number of rotatable bonds is 4. The lowest BCUT2D eigenvalue weighted by Gasteiger charge is -2.31. The molecule has 3 aliphatic rings. The molecule has 3 atom stereocenters. The summed E-state index contributed by atoms with van der Waals surface area (Å²) in [6.45, 7) is 1.76. The molecular formula is C14H23N3O. The Hall–Kier alpha value is -0.630. The quantitative estimate of drug-likeness (QED) is 0.815. The summed E-state index contributed by atoms with van der Waals surface area (Å²) in [5.41, 5.74) is -0.250. The predicted octanol–water partition coefficient (Wildman–Crippen LogP) is 1.27. The molecule has 0 radical (unpaired) electrons. The molecule has 0 aromatic carbocycles. The largest absolute Gasteiger partial charge is 0.380 e. The summed E-state index contributed by atoms with van der Waals surface area (Å²) in [4.78, 5) is 2.46. The van der Waals surface area contributed by atoms with Crippen LogP contribution in [-0.2, 0) is 4.74 Å². The summed E-state index contributed by atoms with van der Waals surface area (Å²) < 4.78 is 5.47.